The number of ether oxygens (including phenoxy) is 1. The van der Waals surface area contributed by atoms with Crippen molar-refractivity contribution in [2.24, 2.45) is 0 Å². The minimum Gasteiger partial charge on any atom is -0.487 e. The van der Waals surface area contributed by atoms with Gasteiger partial charge in [0.1, 0.15) is 12.4 Å². The number of carbonyl (C=O) groups excluding carboxylic acids is 2. The van der Waals surface area contributed by atoms with Crippen LogP contribution in [-0.2, 0) is 17.8 Å². The average molecular weight is 420 g/mol. The van der Waals surface area contributed by atoms with Crippen molar-refractivity contribution >= 4 is 34.1 Å². The fourth-order valence-corrected chi connectivity index (χ4v) is 3.65. The van der Waals surface area contributed by atoms with Gasteiger partial charge in [-0.05, 0) is 36.8 Å². The topological polar surface area (TPSA) is 96.1 Å². The van der Waals surface area contributed by atoms with Gasteiger partial charge in [-0.1, -0.05) is 24.3 Å². The van der Waals surface area contributed by atoms with Crippen LogP contribution in [-0.4, -0.2) is 21.8 Å². The van der Waals surface area contributed by atoms with Crippen molar-refractivity contribution in [3.63, 3.8) is 0 Å². The van der Waals surface area contributed by atoms with Crippen LogP contribution < -0.4 is 15.6 Å². The maximum Gasteiger partial charge on any atom is 0.269 e. The number of hydrogen-bond acceptors (Lipinski definition) is 5. The molecule has 0 aliphatic heterocycles. The second-order valence-corrected chi connectivity index (χ2v) is 7.78. The summed E-state index contributed by atoms with van der Waals surface area (Å²) in [6, 6.07) is 14.5. The molecule has 152 valence electrons. The highest BCUT2D eigenvalue weighted by Gasteiger charge is 2.11. The molecule has 2 aromatic heterocycles. The van der Waals surface area contributed by atoms with Gasteiger partial charge in [-0.25, -0.2) is 4.98 Å². The summed E-state index contributed by atoms with van der Waals surface area (Å²) >= 11 is 1.56. The van der Waals surface area contributed by atoms with Gasteiger partial charge in [0.05, 0.1) is 17.1 Å². The van der Waals surface area contributed by atoms with Crippen LogP contribution in [0.1, 0.15) is 26.6 Å². The molecule has 7 nitrogen and oxygen atoms in total. The van der Waals surface area contributed by atoms with E-state index >= 15 is 0 Å². The van der Waals surface area contributed by atoms with Crippen LogP contribution in [0.25, 0.3) is 10.9 Å². The lowest BCUT2D eigenvalue weighted by atomic mass is 10.1. The monoisotopic (exact) mass is 420 g/mol. The molecule has 3 N–H and O–H groups in total. The van der Waals surface area contributed by atoms with Gasteiger partial charge in [-0.2, -0.15) is 0 Å². The molecule has 0 unspecified atom stereocenters. The Balaban J connectivity index is 1.31. The van der Waals surface area contributed by atoms with Gasteiger partial charge >= 0.3 is 0 Å². The summed E-state index contributed by atoms with van der Waals surface area (Å²) in [4.78, 5) is 32.1. The summed E-state index contributed by atoms with van der Waals surface area (Å²) in [5, 5.41) is 3.90. The number of aromatic amines is 1. The molecule has 8 heteroatoms. The fraction of sp³-hybridized carbons (Fsp3) is 0.136. The van der Waals surface area contributed by atoms with E-state index in [4.69, 9.17) is 4.74 Å². The molecule has 0 fully saturated rings. The average Bonchev–Trinajstić information content (AvgIpc) is 3.37. The van der Waals surface area contributed by atoms with E-state index in [1.807, 2.05) is 36.6 Å². The number of rotatable bonds is 6. The fourth-order valence-electron chi connectivity index (χ4n) is 3.05. The number of benzene rings is 2. The van der Waals surface area contributed by atoms with E-state index in [1.54, 1.807) is 41.8 Å². The molecule has 2 heterocycles. The zero-order chi connectivity index (χ0) is 20.9. The number of hydrazine groups is 1. The minimum atomic E-state index is -0.419. The van der Waals surface area contributed by atoms with Gasteiger partial charge in [0, 0.05) is 28.0 Å². The molecule has 0 spiro atoms. The van der Waals surface area contributed by atoms with Crippen LogP contribution in [0.3, 0.4) is 0 Å². The minimum absolute atomic E-state index is 0.153. The quantitative estimate of drug-likeness (QED) is 0.416. The number of para-hydroxylation sites is 1. The normalized spacial score (nSPS) is 10.7. The van der Waals surface area contributed by atoms with Gasteiger partial charge in [0.2, 0.25) is 5.91 Å². The molecule has 0 saturated carbocycles. The first-order valence-corrected chi connectivity index (χ1v) is 10.2. The first-order valence-electron chi connectivity index (χ1n) is 9.36. The first kappa shape index (κ1) is 19.7. The molecule has 0 aliphatic rings. The first-order chi connectivity index (χ1) is 14.6. The number of amides is 2. The number of hydrogen-bond donors (Lipinski definition) is 3. The maximum atomic E-state index is 12.4. The van der Waals surface area contributed by atoms with Gasteiger partial charge < -0.3 is 9.72 Å². The second-order valence-electron chi connectivity index (χ2n) is 6.71. The number of aromatic nitrogens is 2. The summed E-state index contributed by atoms with van der Waals surface area (Å²) < 4.78 is 5.71. The van der Waals surface area contributed by atoms with Gasteiger partial charge in [0.15, 0.2) is 0 Å². The Morgan fingerprint density at radius 3 is 2.83 bits per heavy atom. The molecule has 2 amide bonds. The summed E-state index contributed by atoms with van der Waals surface area (Å²) in [6.07, 6.45) is 1.96. The molecule has 0 aliphatic carbocycles. The number of fused-ring (bicyclic) bond motifs is 1. The highest BCUT2D eigenvalue weighted by atomic mass is 32.1. The molecule has 30 heavy (non-hydrogen) atoms. The second kappa shape index (κ2) is 8.79. The predicted molar refractivity (Wildman–Crippen MR) is 115 cm³/mol. The molecule has 4 rings (SSSR count). The summed E-state index contributed by atoms with van der Waals surface area (Å²) in [7, 11) is 0. The number of nitrogens with one attached hydrogen (secondary N) is 3. The molecule has 0 radical (unpaired) electrons. The van der Waals surface area contributed by atoms with E-state index in [2.05, 4.69) is 20.8 Å². The third-order valence-corrected chi connectivity index (χ3v) is 5.31. The largest absolute Gasteiger partial charge is 0.487 e. The van der Waals surface area contributed by atoms with Crippen LogP contribution >= 0.6 is 11.3 Å². The Morgan fingerprint density at radius 1 is 1.13 bits per heavy atom. The number of nitrogens with zero attached hydrogens (tertiary/aromatic N) is 1. The van der Waals surface area contributed by atoms with Crippen molar-refractivity contribution in [2.75, 3.05) is 0 Å². The van der Waals surface area contributed by atoms with Crippen molar-refractivity contribution in [2.45, 2.75) is 20.0 Å². The molecular weight excluding hydrogens is 400 g/mol. The molecule has 0 bridgehead atoms. The molecular formula is C22H20N4O3S. The van der Waals surface area contributed by atoms with E-state index in [9.17, 15) is 9.59 Å². The SMILES string of the molecule is Cc1nc(COc2cccc(C(=O)NNC(=O)Cc3c[nH]c4ccccc34)c2)cs1. The summed E-state index contributed by atoms with van der Waals surface area (Å²) in [5.74, 6) is -0.171. The van der Waals surface area contributed by atoms with Crippen LogP contribution in [0, 0.1) is 6.92 Å². The number of H-pyrrole nitrogens is 1. The summed E-state index contributed by atoms with van der Waals surface area (Å²) in [6.45, 7) is 2.27. The lowest BCUT2D eigenvalue weighted by Crippen LogP contribution is -2.42. The van der Waals surface area contributed by atoms with Crippen molar-refractivity contribution in [1.82, 2.24) is 20.8 Å². The van der Waals surface area contributed by atoms with Crippen LogP contribution in [0.2, 0.25) is 0 Å². The third kappa shape index (κ3) is 4.66. The zero-order valence-corrected chi connectivity index (χ0v) is 17.1. The van der Waals surface area contributed by atoms with Gasteiger partial charge in [0.25, 0.3) is 5.91 Å². The van der Waals surface area contributed by atoms with E-state index in [-0.39, 0.29) is 12.3 Å². The number of aryl methyl sites for hydroxylation is 1. The Labute approximate surface area is 177 Å². The van der Waals surface area contributed by atoms with Crippen LogP contribution in [0.5, 0.6) is 5.75 Å². The summed E-state index contributed by atoms with van der Waals surface area (Å²) in [5.41, 5.74) is 7.97. The Bertz CT molecular complexity index is 1200. The van der Waals surface area contributed by atoms with Crippen molar-refractivity contribution in [3.05, 3.63) is 81.9 Å². The van der Waals surface area contributed by atoms with Crippen molar-refractivity contribution in [3.8, 4) is 5.75 Å². The van der Waals surface area contributed by atoms with Gasteiger partial charge in [-0.15, -0.1) is 11.3 Å². The Hall–Kier alpha value is -3.65. The smallest absolute Gasteiger partial charge is 0.269 e. The lowest BCUT2D eigenvalue weighted by Gasteiger charge is -2.09. The Kier molecular flexibility index (Phi) is 5.76. The lowest BCUT2D eigenvalue weighted by molar-refractivity contribution is -0.121. The maximum absolute atomic E-state index is 12.4. The zero-order valence-electron chi connectivity index (χ0n) is 16.3. The van der Waals surface area contributed by atoms with E-state index in [0.29, 0.717) is 17.9 Å². The molecule has 0 atom stereocenters. The predicted octanol–water partition coefficient (Wildman–Crippen LogP) is 3.52. The van der Waals surface area contributed by atoms with E-state index < -0.39 is 5.91 Å². The van der Waals surface area contributed by atoms with Crippen molar-refractivity contribution < 1.29 is 14.3 Å². The Morgan fingerprint density at radius 2 is 2.00 bits per heavy atom. The van der Waals surface area contributed by atoms with Crippen LogP contribution in [0.4, 0.5) is 0 Å². The van der Waals surface area contributed by atoms with E-state index in [0.717, 1.165) is 27.2 Å². The molecule has 2 aromatic carbocycles. The van der Waals surface area contributed by atoms with E-state index in [1.165, 1.54) is 0 Å². The van der Waals surface area contributed by atoms with Gasteiger partial charge in [-0.3, -0.25) is 20.4 Å². The van der Waals surface area contributed by atoms with Crippen LogP contribution in [0.15, 0.2) is 60.1 Å². The molecule has 4 aromatic rings. The highest BCUT2D eigenvalue weighted by Crippen LogP contribution is 2.18. The number of thiazole rings is 1. The highest BCUT2D eigenvalue weighted by molar-refractivity contribution is 7.09. The third-order valence-electron chi connectivity index (χ3n) is 4.49. The molecule has 0 saturated heterocycles. The standard InChI is InChI=1S/C22H20N4O3S/c1-14-24-17(13-30-14)12-29-18-6-4-5-15(9-18)22(28)26-25-21(27)10-16-11-23-20-8-3-2-7-19(16)20/h2-9,11,13,23H,10,12H2,1H3,(H,25,27)(H,26,28). The number of carbonyl (C=O) groups is 2. The van der Waals surface area contributed by atoms with Crippen molar-refractivity contribution in [1.29, 1.82) is 0 Å².